The Labute approximate surface area is 582 Å². The first-order chi connectivity index (χ1) is 48.5. The van der Waals surface area contributed by atoms with Crippen molar-refractivity contribution >= 4 is 23.7 Å². The lowest BCUT2D eigenvalue weighted by Gasteiger charge is -2.52. The van der Waals surface area contributed by atoms with Gasteiger partial charge in [0.05, 0.1) is 64.5 Å². The summed E-state index contributed by atoms with van der Waals surface area (Å²) in [5.74, 6) is -8.41. The number of amides is 3. The summed E-state index contributed by atoms with van der Waals surface area (Å²) in [6, 6.07) is -5.75. The molecule has 0 radical (unpaired) electrons. The van der Waals surface area contributed by atoms with Gasteiger partial charge in [0.2, 0.25) is 17.7 Å². The quantitative estimate of drug-likeness (QED) is 0.0363. The first-order valence-electron chi connectivity index (χ1n) is 32.6. The second-order valence-electron chi connectivity index (χ2n) is 26.0. The topological polar surface area (TPSA) is 728 Å². The van der Waals surface area contributed by atoms with E-state index in [0.717, 1.165) is 20.8 Å². The molecule has 0 aliphatic carbocycles. The first kappa shape index (κ1) is 85.0. The first-order valence-corrected chi connectivity index (χ1v) is 32.6. The van der Waals surface area contributed by atoms with Crippen LogP contribution in [0.2, 0.25) is 0 Å². The van der Waals surface area contributed by atoms with E-state index in [2.05, 4.69) is 16.0 Å². The molecule has 8 aliphatic heterocycles. The van der Waals surface area contributed by atoms with E-state index in [1.54, 1.807) is 0 Å². The van der Waals surface area contributed by atoms with Crippen LogP contribution in [0.3, 0.4) is 0 Å². The number of rotatable bonds is 27. The van der Waals surface area contributed by atoms with Crippen molar-refractivity contribution in [2.24, 2.45) is 0 Å². The second-order valence-corrected chi connectivity index (χ2v) is 26.0. The lowest BCUT2D eigenvalue weighted by molar-refractivity contribution is -0.400. The van der Waals surface area contributed by atoms with Gasteiger partial charge in [0.25, 0.3) is 5.79 Å². The lowest BCUT2D eigenvalue weighted by atomic mass is 9.88. The summed E-state index contributed by atoms with van der Waals surface area (Å²) in [6.45, 7) is -3.95. The Morgan fingerprint density at radius 2 is 0.845 bits per heavy atom. The van der Waals surface area contributed by atoms with E-state index < -0.39 is 327 Å². The average molecular weight is 1510 g/mol. The second kappa shape index (κ2) is 36.3. The molecule has 1 unspecified atom stereocenters. The number of carboxylic acids is 1. The minimum absolute atomic E-state index is 0.868. The number of carbonyl (C=O) groups excluding carboxylic acids is 3. The molecule has 0 bridgehead atoms. The zero-order valence-electron chi connectivity index (χ0n) is 55.2. The maximum atomic E-state index is 13.6. The Hall–Kier alpha value is -3.64. The molecule has 27 N–H and O–H groups in total. The molecule has 8 aliphatic rings. The molecule has 46 heteroatoms. The Morgan fingerprint density at radius 1 is 0.417 bits per heavy atom. The number of carboxylic acid groups (broad SMARTS) is 1. The van der Waals surface area contributed by atoms with Gasteiger partial charge in [0.1, 0.15) is 183 Å². The van der Waals surface area contributed by atoms with Gasteiger partial charge in [-0.3, -0.25) is 14.4 Å². The molecule has 0 spiro atoms. The van der Waals surface area contributed by atoms with Crippen LogP contribution in [-0.2, 0) is 90.2 Å². The molecule has 596 valence electrons. The Morgan fingerprint density at radius 3 is 1.40 bits per heavy atom. The molecule has 8 rings (SSSR count). The van der Waals surface area contributed by atoms with E-state index in [4.69, 9.17) is 71.1 Å². The summed E-state index contributed by atoms with van der Waals surface area (Å²) in [7, 11) is 0. The molecule has 3 amide bonds. The third-order valence-corrected chi connectivity index (χ3v) is 18.8. The van der Waals surface area contributed by atoms with E-state index in [1.807, 2.05) is 0 Å². The minimum atomic E-state index is -3.36. The van der Waals surface area contributed by atoms with Crippen molar-refractivity contribution < 1.29 is 213 Å². The largest absolute Gasteiger partial charge is 0.477 e. The lowest BCUT2D eigenvalue weighted by Crippen LogP contribution is -2.72. The highest BCUT2D eigenvalue weighted by molar-refractivity contribution is 5.77. The number of ether oxygens (including phenoxy) is 15. The maximum absolute atomic E-state index is 13.6. The number of nitrogens with one attached hydrogen (secondary N) is 3. The molecule has 0 aromatic carbocycles. The van der Waals surface area contributed by atoms with Crippen LogP contribution < -0.4 is 16.0 Å². The summed E-state index contributed by atoms with van der Waals surface area (Å²) in [5, 5.41) is 271. The average Bonchev–Trinajstić information content (AvgIpc) is 0.755. The van der Waals surface area contributed by atoms with Crippen LogP contribution in [0, 0.1) is 0 Å². The van der Waals surface area contributed by atoms with Crippen LogP contribution in [0.4, 0.5) is 0 Å². The Bertz CT molecular complexity index is 2720. The summed E-state index contributed by atoms with van der Waals surface area (Å²) >= 11 is 0. The Balaban J connectivity index is 1.17. The predicted octanol–water partition coefficient (Wildman–Crippen LogP) is -17.8. The van der Waals surface area contributed by atoms with Crippen molar-refractivity contribution in [2.75, 3.05) is 46.2 Å². The normalized spacial score (nSPS) is 48.3. The van der Waals surface area contributed by atoms with Gasteiger partial charge in [-0.2, -0.15) is 0 Å². The van der Waals surface area contributed by atoms with Crippen molar-refractivity contribution in [2.45, 2.75) is 285 Å². The molecule has 41 atom stereocenters. The fourth-order valence-electron chi connectivity index (χ4n) is 13.2. The molecule has 46 nitrogen and oxygen atoms in total. The van der Waals surface area contributed by atoms with E-state index in [9.17, 15) is 142 Å². The highest BCUT2D eigenvalue weighted by Crippen LogP contribution is 2.42. The third-order valence-electron chi connectivity index (χ3n) is 18.8. The van der Waals surface area contributed by atoms with Gasteiger partial charge in [-0.05, 0) is 6.92 Å². The Kier molecular flexibility index (Phi) is 29.9. The van der Waals surface area contributed by atoms with Crippen molar-refractivity contribution in [1.82, 2.24) is 16.0 Å². The van der Waals surface area contributed by atoms with Gasteiger partial charge in [-0.1, -0.05) is 0 Å². The molecule has 8 fully saturated rings. The summed E-state index contributed by atoms with van der Waals surface area (Å²) in [5.41, 5.74) is 0. The van der Waals surface area contributed by atoms with Crippen LogP contribution in [0.25, 0.3) is 0 Å². The minimum Gasteiger partial charge on any atom is -0.477 e. The molecule has 8 heterocycles. The van der Waals surface area contributed by atoms with Gasteiger partial charge in [-0.25, -0.2) is 4.79 Å². The van der Waals surface area contributed by atoms with Gasteiger partial charge in [-0.15, -0.1) is 0 Å². The zero-order valence-corrected chi connectivity index (χ0v) is 55.2. The smallest absolute Gasteiger partial charge is 0.364 e. The standard InChI is InChI=1S/C57H95N3O43/c1-13-28(72)34(78)38(82)52(90-13)99-44-23(11-66)95-51(27(60-16(4)69)46(44)100-55-41(85)48(31(75)20(8-63)93-55)103-57(56(87)88)5-17(70)25(58-14(2)67)45(102-57)29(73)18(71)6-61)101-47-32(76)24(96-54(40(47)84)98-43-21(9-64)91-49(86)37(81)36(43)80)12-89-50-26(59-15(3)68)33(77)42(22(10-65)94-50)97-53-39(83)35(79)30(74)19(7-62)92-53/h13,17-55,61-66,70-86H,5-12H2,1-4H3,(H,58,67)(H,59,68)(H,60,69)(H,87,88)/t13-,17-,18+,19+,20+,21+,22+,23+,24+,25+,26+,27+,28+,29+,30-,31-,32-,33+,34+,35-,36+,37+,38-,39+,40+,41+,42+,43+,44+,45+,46+,47-,48-,49?,50-,51-,52-,53-,54-,55-,57-/m0/s1. The molecule has 0 aromatic heterocycles. The highest BCUT2D eigenvalue weighted by Gasteiger charge is 2.63. The van der Waals surface area contributed by atoms with Crippen molar-refractivity contribution in [3.05, 3.63) is 0 Å². The van der Waals surface area contributed by atoms with Crippen LogP contribution in [0.1, 0.15) is 34.1 Å². The highest BCUT2D eigenvalue weighted by atomic mass is 16.8. The molecular weight excluding hydrogens is 1410 g/mol. The molecule has 0 saturated carbocycles. The monoisotopic (exact) mass is 1510 g/mol. The fraction of sp³-hybridized carbons (Fsp3) is 0.930. The van der Waals surface area contributed by atoms with Gasteiger partial charge < -0.3 is 210 Å². The van der Waals surface area contributed by atoms with Crippen molar-refractivity contribution in [3.63, 3.8) is 0 Å². The van der Waals surface area contributed by atoms with Crippen LogP contribution in [0.5, 0.6) is 0 Å². The summed E-state index contributed by atoms with van der Waals surface area (Å²) < 4.78 is 88.4. The maximum Gasteiger partial charge on any atom is 0.364 e. The van der Waals surface area contributed by atoms with Gasteiger partial charge in [0, 0.05) is 27.2 Å². The SMILES string of the molecule is CC(=O)N[C@H]1[C@@H](OC[C@H]2O[C@@H](O[C@H]3[C@H](O)[C@@H](O)C(O)O[C@@H]3CO)[C@H](O)[C@@H](O[C@@H]3O[C@H](CO)[C@@H](O[C@@H]4O[C@@H](C)[C@@H](O)[C@@H](O)[C@@H]4O)[C@H](O[C@@H]4O[C@H](CO)[C@H](O)[C@H](O[C@]5(C(=O)O)C[C@H](O)[C@@H](NC(C)=O)[C@H]([C@H](O)[C@H](O)CO)O5)[C@H]4O)[C@H]3NC(C)=O)[C@H]2O)O[C@H](CO)[C@@H](O[C@@H]2O[C@H](CO)[C@H](O)[C@H](O)[C@H]2O)[C@@H]1O. The molecule has 8 saturated heterocycles. The van der Waals surface area contributed by atoms with Gasteiger partial charge >= 0.3 is 5.97 Å². The van der Waals surface area contributed by atoms with E-state index in [1.165, 1.54) is 6.92 Å². The number of carbonyl (C=O) groups is 4. The number of hydrogen-bond acceptors (Lipinski definition) is 42. The zero-order chi connectivity index (χ0) is 76.3. The van der Waals surface area contributed by atoms with Crippen molar-refractivity contribution in [1.29, 1.82) is 0 Å². The van der Waals surface area contributed by atoms with E-state index >= 15 is 0 Å². The third kappa shape index (κ3) is 18.5. The van der Waals surface area contributed by atoms with Crippen LogP contribution in [-0.4, -0.2) is 444 Å². The summed E-state index contributed by atoms with van der Waals surface area (Å²) in [6.07, 6.45) is -79.7. The fourth-order valence-corrected chi connectivity index (χ4v) is 13.2. The molecule has 103 heavy (non-hydrogen) atoms. The van der Waals surface area contributed by atoms with Crippen molar-refractivity contribution in [3.8, 4) is 0 Å². The van der Waals surface area contributed by atoms with Crippen LogP contribution in [0.15, 0.2) is 0 Å². The number of hydrogen-bond donors (Lipinski definition) is 27. The number of aliphatic carboxylic acids is 1. The molecular formula is C57H95N3O43. The summed E-state index contributed by atoms with van der Waals surface area (Å²) in [4.78, 5) is 52.1. The predicted molar refractivity (Wildman–Crippen MR) is 315 cm³/mol. The van der Waals surface area contributed by atoms with E-state index in [0.29, 0.717) is 0 Å². The molecule has 0 aromatic rings. The van der Waals surface area contributed by atoms with Gasteiger partial charge in [0.15, 0.2) is 44.0 Å². The van der Waals surface area contributed by atoms with E-state index in [-0.39, 0.29) is 0 Å². The number of aliphatic hydroxyl groups excluding tert-OH is 23. The van der Waals surface area contributed by atoms with Crippen LogP contribution >= 0.6 is 0 Å². The number of aliphatic hydroxyl groups is 23.